The van der Waals surface area contributed by atoms with Crippen molar-refractivity contribution < 1.29 is 23.4 Å². The van der Waals surface area contributed by atoms with E-state index < -0.39 is 0 Å². The van der Waals surface area contributed by atoms with Crippen LogP contribution in [-0.2, 0) is 5.75 Å². The van der Waals surface area contributed by atoms with E-state index in [0.717, 1.165) is 5.56 Å². The first-order valence-electron chi connectivity index (χ1n) is 8.42. The van der Waals surface area contributed by atoms with E-state index in [2.05, 4.69) is 10.2 Å². The molecule has 28 heavy (non-hydrogen) atoms. The Morgan fingerprint density at radius 3 is 2.46 bits per heavy atom. The molecule has 0 radical (unpaired) electrons. The number of hydrogen-bond acceptors (Lipinski definition) is 8. The molecular weight excluding hydrogens is 380 g/mol. The van der Waals surface area contributed by atoms with Crippen molar-refractivity contribution >= 4 is 17.5 Å². The standard InChI is InChI=1S/C20H20N2O5S/c1-12(23)13-5-8-17(25-3)14(9-13)11-28-20-22-21-19(27-20)16-7-6-15(24-2)10-18(16)26-4/h5-10H,11H2,1-4H3. The summed E-state index contributed by atoms with van der Waals surface area (Å²) in [7, 11) is 4.75. The zero-order valence-corrected chi connectivity index (χ0v) is 16.8. The van der Waals surface area contributed by atoms with E-state index in [1.54, 1.807) is 51.7 Å². The van der Waals surface area contributed by atoms with Crippen LogP contribution in [0.15, 0.2) is 46.0 Å². The minimum absolute atomic E-state index is 0.000537. The maximum atomic E-state index is 11.6. The predicted octanol–water partition coefficient (Wildman–Crippen LogP) is 4.26. The van der Waals surface area contributed by atoms with Crippen LogP contribution >= 0.6 is 11.8 Å². The number of aromatic nitrogens is 2. The van der Waals surface area contributed by atoms with Gasteiger partial charge in [-0.1, -0.05) is 11.8 Å². The van der Waals surface area contributed by atoms with Crippen molar-refractivity contribution in [3.63, 3.8) is 0 Å². The highest BCUT2D eigenvalue weighted by molar-refractivity contribution is 7.98. The first kappa shape index (κ1) is 19.8. The van der Waals surface area contributed by atoms with Gasteiger partial charge >= 0.3 is 0 Å². The molecule has 1 aromatic heterocycles. The van der Waals surface area contributed by atoms with Gasteiger partial charge in [0.1, 0.15) is 17.2 Å². The summed E-state index contributed by atoms with van der Waals surface area (Å²) in [6.45, 7) is 1.53. The number of carbonyl (C=O) groups excluding carboxylic acids is 1. The quantitative estimate of drug-likeness (QED) is 0.410. The average molecular weight is 400 g/mol. The lowest BCUT2D eigenvalue weighted by molar-refractivity contribution is 0.101. The van der Waals surface area contributed by atoms with Crippen LogP contribution < -0.4 is 14.2 Å². The van der Waals surface area contributed by atoms with Crippen LogP contribution in [0.2, 0.25) is 0 Å². The number of hydrogen-bond donors (Lipinski definition) is 0. The summed E-state index contributed by atoms with van der Waals surface area (Å²) < 4.78 is 21.7. The van der Waals surface area contributed by atoms with E-state index in [9.17, 15) is 4.79 Å². The molecule has 2 aromatic carbocycles. The van der Waals surface area contributed by atoms with E-state index in [0.29, 0.717) is 45.2 Å². The molecule has 0 aliphatic carbocycles. The Bertz CT molecular complexity index is 986. The Labute approximate surface area is 167 Å². The molecule has 0 bridgehead atoms. The van der Waals surface area contributed by atoms with Crippen molar-refractivity contribution in [2.45, 2.75) is 17.9 Å². The average Bonchev–Trinajstić information content (AvgIpc) is 3.20. The molecule has 0 N–H and O–H groups in total. The molecular formula is C20H20N2O5S. The number of benzene rings is 2. The minimum Gasteiger partial charge on any atom is -0.497 e. The summed E-state index contributed by atoms with van der Waals surface area (Å²) in [5.74, 6) is 2.83. The van der Waals surface area contributed by atoms with Crippen molar-refractivity contribution in [1.29, 1.82) is 0 Å². The number of methoxy groups -OCH3 is 3. The van der Waals surface area contributed by atoms with Gasteiger partial charge in [-0.15, -0.1) is 10.2 Å². The lowest BCUT2D eigenvalue weighted by Crippen LogP contribution is -1.96. The number of Topliss-reactive ketones (excluding diaryl/α,β-unsaturated/α-hetero) is 1. The van der Waals surface area contributed by atoms with Crippen molar-refractivity contribution in [1.82, 2.24) is 10.2 Å². The third-order valence-electron chi connectivity index (χ3n) is 4.08. The fourth-order valence-electron chi connectivity index (χ4n) is 2.60. The Morgan fingerprint density at radius 1 is 1.00 bits per heavy atom. The van der Waals surface area contributed by atoms with E-state index >= 15 is 0 Å². The number of ether oxygens (including phenoxy) is 3. The van der Waals surface area contributed by atoms with E-state index in [-0.39, 0.29) is 5.78 Å². The van der Waals surface area contributed by atoms with Crippen molar-refractivity contribution in [2.75, 3.05) is 21.3 Å². The fraction of sp³-hybridized carbons (Fsp3) is 0.250. The van der Waals surface area contributed by atoms with Gasteiger partial charge in [-0.05, 0) is 37.3 Å². The SMILES string of the molecule is COc1ccc(-c2nnc(SCc3cc(C(C)=O)ccc3OC)o2)c(OC)c1. The van der Waals surface area contributed by atoms with Gasteiger partial charge in [0.25, 0.3) is 11.1 Å². The second-order valence-electron chi connectivity index (χ2n) is 5.81. The number of thioether (sulfide) groups is 1. The molecule has 0 amide bonds. The van der Waals surface area contributed by atoms with Gasteiger partial charge in [0.15, 0.2) is 5.78 Å². The smallest absolute Gasteiger partial charge is 0.277 e. The lowest BCUT2D eigenvalue weighted by Gasteiger charge is -2.08. The van der Waals surface area contributed by atoms with E-state index in [1.165, 1.54) is 18.7 Å². The normalized spacial score (nSPS) is 10.6. The number of nitrogens with zero attached hydrogens (tertiary/aromatic N) is 2. The summed E-state index contributed by atoms with van der Waals surface area (Å²) >= 11 is 1.36. The summed E-state index contributed by atoms with van der Waals surface area (Å²) in [5, 5.41) is 8.60. The number of rotatable bonds is 8. The zero-order chi connectivity index (χ0) is 20.1. The van der Waals surface area contributed by atoms with E-state index in [1.807, 2.05) is 6.07 Å². The van der Waals surface area contributed by atoms with Gasteiger partial charge < -0.3 is 18.6 Å². The number of carbonyl (C=O) groups is 1. The van der Waals surface area contributed by atoms with Crippen LogP contribution in [0.25, 0.3) is 11.5 Å². The predicted molar refractivity (Wildman–Crippen MR) is 105 cm³/mol. The van der Waals surface area contributed by atoms with Crippen LogP contribution in [0.5, 0.6) is 17.2 Å². The lowest BCUT2D eigenvalue weighted by atomic mass is 10.1. The van der Waals surface area contributed by atoms with Gasteiger partial charge in [-0.3, -0.25) is 4.79 Å². The summed E-state index contributed by atoms with van der Waals surface area (Å²) in [5.41, 5.74) is 2.19. The molecule has 0 aliphatic heterocycles. The van der Waals surface area contributed by atoms with Gasteiger partial charge in [0.2, 0.25) is 0 Å². The third-order valence-corrected chi connectivity index (χ3v) is 4.95. The largest absolute Gasteiger partial charge is 0.497 e. The number of ketones is 1. The Morgan fingerprint density at radius 2 is 1.79 bits per heavy atom. The molecule has 8 heteroatoms. The second-order valence-corrected chi connectivity index (χ2v) is 6.74. The van der Waals surface area contributed by atoms with Gasteiger partial charge in [-0.25, -0.2) is 0 Å². The van der Waals surface area contributed by atoms with Crippen LogP contribution in [0.1, 0.15) is 22.8 Å². The van der Waals surface area contributed by atoms with Crippen molar-refractivity contribution in [3.8, 4) is 28.7 Å². The highest BCUT2D eigenvalue weighted by Gasteiger charge is 2.16. The molecule has 0 spiro atoms. The molecule has 146 valence electrons. The summed E-state index contributed by atoms with van der Waals surface area (Å²) in [6.07, 6.45) is 0. The molecule has 1 heterocycles. The molecule has 3 rings (SSSR count). The monoisotopic (exact) mass is 400 g/mol. The maximum Gasteiger partial charge on any atom is 0.277 e. The first-order chi connectivity index (χ1) is 13.5. The van der Waals surface area contributed by atoms with Gasteiger partial charge in [0, 0.05) is 22.9 Å². The molecule has 0 saturated heterocycles. The molecule has 0 fully saturated rings. The summed E-state index contributed by atoms with van der Waals surface area (Å²) in [6, 6.07) is 10.7. The Kier molecular flexibility index (Phi) is 6.20. The molecule has 0 aliphatic rings. The highest BCUT2D eigenvalue weighted by Crippen LogP contribution is 2.35. The fourth-order valence-corrected chi connectivity index (χ4v) is 3.34. The van der Waals surface area contributed by atoms with Crippen LogP contribution in [0, 0.1) is 0 Å². The molecule has 7 nitrogen and oxygen atoms in total. The second kappa shape index (κ2) is 8.79. The molecule has 0 unspecified atom stereocenters. The topological polar surface area (TPSA) is 83.7 Å². The third kappa shape index (κ3) is 4.28. The Hall–Kier alpha value is -3.00. The maximum absolute atomic E-state index is 11.6. The molecule has 0 atom stereocenters. The molecule has 0 saturated carbocycles. The van der Waals surface area contributed by atoms with Gasteiger partial charge in [-0.2, -0.15) is 0 Å². The zero-order valence-electron chi connectivity index (χ0n) is 16.0. The summed E-state index contributed by atoms with van der Waals surface area (Å²) in [4.78, 5) is 11.6. The van der Waals surface area contributed by atoms with E-state index in [4.69, 9.17) is 18.6 Å². The van der Waals surface area contributed by atoms with Crippen LogP contribution in [0.3, 0.4) is 0 Å². The van der Waals surface area contributed by atoms with Crippen molar-refractivity contribution in [2.24, 2.45) is 0 Å². The highest BCUT2D eigenvalue weighted by atomic mass is 32.2. The van der Waals surface area contributed by atoms with Crippen LogP contribution in [-0.4, -0.2) is 37.3 Å². The minimum atomic E-state index is 0.000537. The van der Waals surface area contributed by atoms with Crippen molar-refractivity contribution in [3.05, 3.63) is 47.5 Å². The Balaban J connectivity index is 1.79. The van der Waals surface area contributed by atoms with Gasteiger partial charge in [0.05, 0.1) is 26.9 Å². The van der Waals surface area contributed by atoms with Crippen LogP contribution in [0.4, 0.5) is 0 Å². The first-order valence-corrected chi connectivity index (χ1v) is 9.40. The molecule has 3 aromatic rings.